The summed E-state index contributed by atoms with van der Waals surface area (Å²) in [5.41, 5.74) is 3.08. The fraction of sp³-hybridized carbons (Fsp3) is 0.435. The van der Waals surface area contributed by atoms with E-state index < -0.39 is 21.9 Å². The molecular weight excluding hydrogens is 433 g/mol. The van der Waals surface area contributed by atoms with Gasteiger partial charge in [0.05, 0.1) is 18.0 Å². The third kappa shape index (κ3) is 4.88. The summed E-state index contributed by atoms with van der Waals surface area (Å²) in [5.74, 6) is -0.352. The normalized spacial score (nSPS) is 16.0. The Bertz CT molecular complexity index is 1090. The Hall–Kier alpha value is -2.65. The highest BCUT2D eigenvalue weighted by Crippen LogP contribution is 2.26. The average molecular weight is 464 g/mol. The van der Waals surface area contributed by atoms with Gasteiger partial charge in [0.1, 0.15) is 0 Å². The number of carbonyl (C=O) groups excluding carboxylic acids is 1. The number of nitrogens with zero attached hydrogens (tertiary/aromatic N) is 2. The van der Waals surface area contributed by atoms with Crippen molar-refractivity contribution in [3.05, 3.63) is 58.4 Å². The molecule has 1 aliphatic rings. The zero-order valence-corrected chi connectivity index (χ0v) is 19.9. The SMILES string of the molecule is COc1ccc([C@@H](C)NC(=O)N2CCN(S(=O)(=O)c3c(C)cc(C)cc3C)CC2)cc1F. The number of halogens is 1. The molecule has 2 aromatic carbocycles. The van der Waals surface area contributed by atoms with Gasteiger partial charge in [-0.1, -0.05) is 23.8 Å². The van der Waals surface area contributed by atoms with Crippen molar-refractivity contribution >= 4 is 16.1 Å². The van der Waals surface area contributed by atoms with Crippen LogP contribution in [-0.4, -0.2) is 56.9 Å². The Balaban J connectivity index is 1.64. The van der Waals surface area contributed by atoms with E-state index in [0.717, 1.165) is 16.7 Å². The van der Waals surface area contributed by atoms with Crippen LogP contribution in [0.1, 0.15) is 35.2 Å². The molecule has 1 heterocycles. The van der Waals surface area contributed by atoms with Crippen molar-refractivity contribution in [3.63, 3.8) is 0 Å². The van der Waals surface area contributed by atoms with E-state index in [9.17, 15) is 17.6 Å². The maximum atomic E-state index is 14.0. The van der Waals surface area contributed by atoms with Crippen molar-refractivity contribution in [2.45, 2.75) is 38.6 Å². The van der Waals surface area contributed by atoms with Crippen LogP contribution in [0.2, 0.25) is 0 Å². The monoisotopic (exact) mass is 463 g/mol. The average Bonchev–Trinajstić information content (AvgIpc) is 2.72. The highest BCUT2D eigenvalue weighted by molar-refractivity contribution is 7.89. The number of nitrogens with one attached hydrogen (secondary N) is 1. The van der Waals surface area contributed by atoms with Crippen LogP contribution < -0.4 is 10.1 Å². The molecule has 32 heavy (non-hydrogen) atoms. The van der Waals surface area contributed by atoms with Crippen molar-refractivity contribution in [2.75, 3.05) is 33.3 Å². The largest absolute Gasteiger partial charge is 0.494 e. The van der Waals surface area contributed by atoms with E-state index in [1.807, 2.05) is 19.1 Å². The lowest BCUT2D eigenvalue weighted by molar-refractivity contribution is 0.169. The molecule has 0 radical (unpaired) electrons. The molecule has 0 saturated carbocycles. The first-order valence-electron chi connectivity index (χ1n) is 10.5. The number of rotatable bonds is 5. The number of piperazine rings is 1. The summed E-state index contributed by atoms with van der Waals surface area (Å²) in [5, 5.41) is 2.85. The lowest BCUT2D eigenvalue weighted by atomic mass is 10.1. The number of sulfonamides is 1. The first kappa shape index (κ1) is 24.0. The Morgan fingerprint density at radius 3 is 2.19 bits per heavy atom. The predicted molar refractivity (Wildman–Crippen MR) is 121 cm³/mol. The van der Waals surface area contributed by atoms with Gasteiger partial charge in [-0.05, 0) is 56.5 Å². The standard InChI is InChI=1S/C23H30FN3O4S/c1-15-12-16(2)22(17(3)13-15)32(29,30)27-10-8-26(9-11-27)23(28)25-18(4)19-6-7-21(31-5)20(24)14-19/h6-7,12-14,18H,8-11H2,1-5H3,(H,25,28)/t18-/m1/s1. The Labute approximate surface area is 189 Å². The minimum absolute atomic E-state index is 0.142. The first-order valence-corrected chi connectivity index (χ1v) is 12.0. The van der Waals surface area contributed by atoms with E-state index >= 15 is 0 Å². The molecule has 0 aromatic heterocycles. The summed E-state index contributed by atoms with van der Waals surface area (Å²) in [6.45, 7) is 8.30. The van der Waals surface area contributed by atoms with Gasteiger partial charge >= 0.3 is 6.03 Å². The highest BCUT2D eigenvalue weighted by atomic mass is 32.2. The van der Waals surface area contributed by atoms with E-state index in [1.54, 1.807) is 31.7 Å². The van der Waals surface area contributed by atoms with E-state index in [-0.39, 0.29) is 38.0 Å². The van der Waals surface area contributed by atoms with E-state index in [0.29, 0.717) is 10.5 Å². The van der Waals surface area contributed by atoms with Gasteiger partial charge in [0.25, 0.3) is 0 Å². The molecule has 3 rings (SSSR count). The zero-order chi connectivity index (χ0) is 23.6. The fourth-order valence-electron chi connectivity index (χ4n) is 4.15. The number of methoxy groups -OCH3 is 1. The molecule has 2 amide bonds. The van der Waals surface area contributed by atoms with Crippen LogP contribution in [0, 0.1) is 26.6 Å². The van der Waals surface area contributed by atoms with Gasteiger partial charge in [-0.2, -0.15) is 4.31 Å². The van der Waals surface area contributed by atoms with Gasteiger partial charge < -0.3 is 15.0 Å². The second-order valence-electron chi connectivity index (χ2n) is 8.18. The summed E-state index contributed by atoms with van der Waals surface area (Å²) in [6.07, 6.45) is 0. The molecule has 1 fully saturated rings. The minimum atomic E-state index is -3.65. The maximum Gasteiger partial charge on any atom is 0.317 e. The van der Waals surface area contributed by atoms with Crippen LogP contribution >= 0.6 is 0 Å². The molecule has 1 aliphatic heterocycles. The number of hydrogen-bond donors (Lipinski definition) is 1. The third-order valence-electron chi connectivity index (χ3n) is 5.74. The number of urea groups is 1. The van der Waals surface area contributed by atoms with Gasteiger partial charge in [0, 0.05) is 26.2 Å². The van der Waals surface area contributed by atoms with Crippen LogP contribution in [-0.2, 0) is 10.0 Å². The van der Waals surface area contributed by atoms with Crippen LogP contribution in [0.3, 0.4) is 0 Å². The molecule has 0 unspecified atom stereocenters. The second kappa shape index (κ2) is 9.46. The number of aryl methyl sites for hydroxylation is 3. The molecule has 0 aliphatic carbocycles. The summed E-state index contributed by atoms with van der Waals surface area (Å²) in [7, 11) is -2.25. The van der Waals surface area contributed by atoms with Crippen molar-refractivity contribution < 1.29 is 22.3 Å². The number of carbonyl (C=O) groups is 1. The third-order valence-corrected chi connectivity index (χ3v) is 7.95. The summed E-state index contributed by atoms with van der Waals surface area (Å²) >= 11 is 0. The van der Waals surface area contributed by atoms with Crippen molar-refractivity contribution in [3.8, 4) is 5.75 Å². The predicted octanol–water partition coefficient (Wildman–Crippen LogP) is 3.54. The van der Waals surface area contributed by atoms with Gasteiger partial charge in [0.15, 0.2) is 11.6 Å². The van der Waals surface area contributed by atoms with Gasteiger partial charge in [-0.25, -0.2) is 17.6 Å². The van der Waals surface area contributed by atoms with Crippen LogP contribution in [0.25, 0.3) is 0 Å². The lowest BCUT2D eigenvalue weighted by Gasteiger charge is -2.35. The van der Waals surface area contributed by atoms with Crippen LogP contribution in [0.4, 0.5) is 9.18 Å². The molecule has 1 saturated heterocycles. The van der Waals surface area contributed by atoms with Crippen molar-refractivity contribution in [1.29, 1.82) is 0 Å². The quantitative estimate of drug-likeness (QED) is 0.736. The molecule has 0 bridgehead atoms. The Morgan fingerprint density at radius 2 is 1.66 bits per heavy atom. The summed E-state index contributed by atoms with van der Waals surface area (Å²) < 4.78 is 46.8. The molecule has 9 heteroatoms. The Morgan fingerprint density at radius 1 is 1.06 bits per heavy atom. The number of hydrogen-bond acceptors (Lipinski definition) is 4. The van der Waals surface area contributed by atoms with Gasteiger partial charge in [-0.3, -0.25) is 0 Å². The summed E-state index contributed by atoms with van der Waals surface area (Å²) in [4.78, 5) is 14.6. The maximum absolute atomic E-state index is 14.0. The number of benzene rings is 2. The van der Waals surface area contributed by atoms with Crippen molar-refractivity contribution in [1.82, 2.24) is 14.5 Å². The first-order chi connectivity index (χ1) is 15.0. The van der Waals surface area contributed by atoms with E-state index in [1.165, 1.54) is 23.5 Å². The van der Waals surface area contributed by atoms with Crippen molar-refractivity contribution in [2.24, 2.45) is 0 Å². The minimum Gasteiger partial charge on any atom is -0.494 e. The Kier molecular flexibility index (Phi) is 7.09. The molecule has 2 aromatic rings. The molecule has 0 spiro atoms. The molecule has 1 atom stereocenters. The summed E-state index contributed by atoms with van der Waals surface area (Å²) in [6, 6.07) is 7.56. The highest BCUT2D eigenvalue weighted by Gasteiger charge is 2.32. The van der Waals surface area contributed by atoms with Gasteiger partial charge in [-0.15, -0.1) is 0 Å². The lowest BCUT2D eigenvalue weighted by Crippen LogP contribution is -2.53. The molecular formula is C23H30FN3O4S. The van der Waals surface area contributed by atoms with E-state index in [2.05, 4.69) is 5.32 Å². The molecule has 7 nitrogen and oxygen atoms in total. The number of ether oxygens (including phenoxy) is 1. The molecule has 174 valence electrons. The van der Waals surface area contributed by atoms with Crippen LogP contribution in [0.5, 0.6) is 5.75 Å². The van der Waals surface area contributed by atoms with Gasteiger partial charge in [0.2, 0.25) is 10.0 Å². The number of amides is 2. The molecule has 1 N–H and O–H groups in total. The topological polar surface area (TPSA) is 79.0 Å². The second-order valence-corrected chi connectivity index (χ2v) is 10.1. The fourth-order valence-corrected chi connectivity index (χ4v) is 5.98. The smallest absolute Gasteiger partial charge is 0.317 e. The van der Waals surface area contributed by atoms with E-state index in [4.69, 9.17) is 4.74 Å². The van der Waals surface area contributed by atoms with Crippen LogP contribution in [0.15, 0.2) is 35.2 Å². The zero-order valence-electron chi connectivity index (χ0n) is 19.1.